The van der Waals surface area contributed by atoms with Crippen molar-refractivity contribution in [3.05, 3.63) is 67.9 Å². The first kappa shape index (κ1) is 24.7. The highest BCUT2D eigenvalue weighted by atomic mass is 35.5. The van der Waals surface area contributed by atoms with Crippen LogP contribution < -0.4 is 10.6 Å². The number of halogens is 4. The minimum absolute atomic E-state index is 0.0910. The molecule has 12 heteroatoms. The Morgan fingerprint density at radius 3 is 2.44 bits per heavy atom. The second-order valence-corrected chi connectivity index (χ2v) is 9.04. The van der Waals surface area contributed by atoms with E-state index in [2.05, 4.69) is 20.8 Å². The Morgan fingerprint density at radius 1 is 1.00 bits per heavy atom. The highest BCUT2D eigenvalue weighted by molar-refractivity contribution is 7.99. The number of benzene rings is 2. The van der Waals surface area contributed by atoms with Crippen molar-refractivity contribution in [3.8, 4) is 0 Å². The molecule has 1 heterocycles. The summed E-state index contributed by atoms with van der Waals surface area (Å²) in [6, 6.07) is 9.47. The number of nitrogens with zero attached hydrogens (tertiary/aromatic N) is 3. The van der Waals surface area contributed by atoms with Crippen molar-refractivity contribution < 1.29 is 9.59 Å². The molecule has 32 heavy (non-hydrogen) atoms. The summed E-state index contributed by atoms with van der Waals surface area (Å²) >= 11 is 25.2. The van der Waals surface area contributed by atoms with Gasteiger partial charge in [0, 0.05) is 16.6 Å². The molecule has 3 aromatic rings. The van der Waals surface area contributed by atoms with E-state index < -0.39 is 0 Å². The van der Waals surface area contributed by atoms with Crippen LogP contribution >= 0.6 is 58.2 Å². The lowest BCUT2D eigenvalue weighted by Gasteiger charge is -2.10. The predicted octanol–water partition coefficient (Wildman–Crippen LogP) is 5.57. The maximum atomic E-state index is 12.4. The quantitative estimate of drug-likeness (QED) is 0.370. The van der Waals surface area contributed by atoms with Crippen LogP contribution in [-0.2, 0) is 17.9 Å². The molecule has 0 saturated carbocycles. The van der Waals surface area contributed by atoms with Gasteiger partial charge in [0.1, 0.15) is 0 Å². The summed E-state index contributed by atoms with van der Waals surface area (Å²) in [5.41, 5.74) is 0.746. The smallest absolute Gasteiger partial charge is 0.253 e. The van der Waals surface area contributed by atoms with E-state index in [1.165, 1.54) is 17.8 Å². The summed E-state index contributed by atoms with van der Waals surface area (Å²) in [5, 5.41) is 15.9. The summed E-state index contributed by atoms with van der Waals surface area (Å²) in [6.45, 7) is 2.62. The van der Waals surface area contributed by atoms with E-state index in [9.17, 15) is 9.59 Å². The predicted molar refractivity (Wildman–Crippen MR) is 129 cm³/mol. The van der Waals surface area contributed by atoms with Gasteiger partial charge in [-0.15, -0.1) is 10.2 Å². The molecule has 0 bridgehead atoms. The number of carbonyl (C=O) groups excluding carboxylic acids is 2. The van der Waals surface area contributed by atoms with E-state index in [1.807, 2.05) is 11.5 Å². The number of thioether (sulfide) groups is 1. The number of anilines is 1. The molecule has 168 valence electrons. The molecule has 0 saturated heterocycles. The van der Waals surface area contributed by atoms with Crippen LogP contribution in [0.4, 0.5) is 5.69 Å². The van der Waals surface area contributed by atoms with Gasteiger partial charge in [-0.1, -0.05) is 58.2 Å². The number of hydrogen-bond acceptors (Lipinski definition) is 5. The van der Waals surface area contributed by atoms with Crippen molar-refractivity contribution in [2.45, 2.75) is 25.2 Å². The largest absolute Gasteiger partial charge is 0.345 e. The fraction of sp³-hybridized carbons (Fsp3) is 0.200. The summed E-state index contributed by atoms with van der Waals surface area (Å²) in [6.07, 6.45) is 0. The van der Waals surface area contributed by atoms with Crippen molar-refractivity contribution in [1.29, 1.82) is 0 Å². The van der Waals surface area contributed by atoms with Gasteiger partial charge in [-0.05, 0) is 43.3 Å². The molecular weight excluding hydrogens is 516 g/mol. The first-order valence-corrected chi connectivity index (χ1v) is 11.8. The van der Waals surface area contributed by atoms with E-state index >= 15 is 0 Å². The molecule has 0 radical (unpaired) electrons. The fourth-order valence-corrected chi connectivity index (χ4v) is 4.36. The molecule has 3 rings (SSSR count). The van der Waals surface area contributed by atoms with Crippen LogP contribution in [0.2, 0.25) is 20.1 Å². The van der Waals surface area contributed by atoms with Gasteiger partial charge in [0.25, 0.3) is 5.91 Å². The van der Waals surface area contributed by atoms with Crippen LogP contribution in [0.25, 0.3) is 0 Å². The molecule has 0 aliphatic carbocycles. The van der Waals surface area contributed by atoms with Crippen LogP contribution in [0.3, 0.4) is 0 Å². The van der Waals surface area contributed by atoms with Crippen LogP contribution in [0, 0.1) is 0 Å². The first-order valence-electron chi connectivity index (χ1n) is 9.31. The molecule has 2 aromatic carbocycles. The lowest BCUT2D eigenvalue weighted by Crippen LogP contribution is -2.25. The third-order valence-electron chi connectivity index (χ3n) is 4.23. The molecule has 0 fully saturated rings. The Bertz CT molecular complexity index is 1160. The van der Waals surface area contributed by atoms with Gasteiger partial charge in [0.2, 0.25) is 5.91 Å². The van der Waals surface area contributed by atoms with Crippen LogP contribution in [0.5, 0.6) is 0 Å². The van der Waals surface area contributed by atoms with Crippen molar-refractivity contribution >= 4 is 75.7 Å². The van der Waals surface area contributed by atoms with Gasteiger partial charge in [-0.2, -0.15) is 0 Å². The highest BCUT2D eigenvalue weighted by Gasteiger charge is 2.16. The van der Waals surface area contributed by atoms with Crippen molar-refractivity contribution in [1.82, 2.24) is 20.1 Å². The number of hydrogen-bond donors (Lipinski definition) is 2. The van der Waals surface area contributed by atoms with Crippen molar-refractivity contribution in [3.63, 3.8) is 0 Å². The lowest BCUT2D eigenvalue weighted by atomic mass is 10.2. The maximum absolute atomic E-state index is 12.4. The van der Waals surface area contributed by atoms with Crippen LogP contribution in [0.1, 0.15) is 23.1 Å². The fourth-order valence-electron chi connectivity index (χ4n) is 2.71. The van der Waals surface area contributed by atoms with E-state index in [0.717, 1.165) is 0 Å². The molecule has 0 aliphatic heterocycles. The Labute approximate surface area is 208 Å². The van der Waals surface area contributed by atoms with E-state index in [4.69, 9.17) is 46.4 Å². The van der Waals surface area contributed by atoms with Crippen LogP contribution in [-0.4, -0.2) is 32.3 Å². The Morgan fingerprint density at radius 2 is 1.72 bits per heavy atom. The maximum Gasteiger partial charge on any atom is 0.253 e. The number of carbonyl (C=O) groups is 2. The average Bonchev–Trinajstić information content (AvgIpc) is 3.15. The minimum Gasteiger partial charge on any atom is -0.345 e. The molecule has 0 spiro atoms. The van der Waals surface area contributed by atoms with Crippen molar-refractivity contribution in [2.75, 3.05) is 11.1 Å². The minimum atomic E-state index is -0.357. The SMILES string of the molecule is CCn1c(CNC(=O)c2ccc(Cl)cc2Cl)nnc1SCC(=O)Nc1cc(Cl)ccc1Cl. The molecule has 0 unspecified atom stereocenters. The van der Waals surface area contributed by atoms with Crippen LogP contribution in [0.15, 0.2) is 41.6 Å². The third-order valence-corrected chi connectivity index (χ3v) is 6.31. The zero-order valence-electron chi connectivity index (χ0n) is 16.7. The molecule has 0 atom stereocenters. The number of amides is 2. The average molecular weight is 533 g/mol. The Kier molecular flexibility index (Phi) is 8.67. The zero-order valence-corrected chi connectivity index (χ0v) is 20.5. The van der Waals surface area contributed by atoms with Gasteiger partial charge >= 0.3 is 0 Å². The molecular formula is C20H17Cl4N5O2S. The third kappa shape index (κ3) is 6.30. The van der Waals surface area contributed by atoms with Gasteiger partial charge < -0.3 is 15.2 Å². The second-order valence-electron chi connectivity index (χ2n) is 6.41. The Hall–Kier alpha value is -1.97. The summed E-state index contributed by atoms with van der Waals surface area (Å²) in [7, 11) is 0. The molecule has 1 aromatic heterocycles. The van der Waals surface area contributed by atoms with Gasteiger partial charge in [-0.3, -0.25) is 9.59 Å². The highest BCUT2D eigenvalue weighted by Crippen LogP contribution is 2.26. The topological polar surface area (TPSA) is 88.9 Å². The van der Waals surface area contributed by atoms with E-state index in [-0.39, 0.29) is 29.1 Å². The lowest BCUT2D eigenvalue weighted by molar-refractivity contribution is -0.113. The molecule has 2 N–H and O–H groups in total. The molecule has 2 amide bonds. The Balaban J connectivity index is 1.60. The van der Waals surface area contributed by atoms with Gasteiger partial charge in [-0.25, -0.2) is 0 Å². The van der Waals surface area contributed by atoms with Gasteiger partial charge in [0.05, 0.1) is 33.6 Å². The molecule has 0 aliphatic rings. The monoisotopic (exact) mass is 531 g/mol. The summed E-state index contributed by atoms with van der Waals surface area (Å²) < 4.78 is 1.81. The standard InChI is InChI=1S/C20H17Cl4N5O2S/c1-2-29-17(9-25-19(31)13-5-3-11(21)7-15(13)24)27-28-20(29)32-10-18(30)26-16-8-12(22)4-6-14(16)23/h3-8H,2,9-10H2,1H3,(H,25,31)(H,26,30). The summed E-state index contributed by atoms with van der Waals surface area (Å²) in [4.78, 5) is 24.7. The number of nitrogens with one attached hydrogen (secondary N) is 2. The molecule has 7 nitrogen and oxygen atoms in total. The number of rotatable bonds is 8. The number of aromatic nitrogens is 3. The van der Waals surface area contributed by atoms with Crippen molar-refractivity contribution in [2.24, 2.45) is 0 Å². The second kappa shape index (κ2) is 11.2. The van der Waals surface area contributed by atoms with E-state index in [0.29, 0.717) is 43.8 Å². The van der Waals surface area contributed by atoms with Gasteiger partial charge in [0.15, 0.2) is 11.0 Å². The van der Waals surface area contributed by atoms with E-state index in [1.54, 1.807) is 30.3 Å². The first-order chi connectivity index (χ1) is 15.3. The normalized spacial score (nSPS) is 10.8. The summed E-state index contributed by atoms with van der Waals surface area (Å²) in [5.74, 6) is 0.0151. The zero-order chi connectivity index (χ0) is 23.3.